The van der Waals surface area contributed by atoms with Crippen molar-refractivity contribution in [3.05, 3.63) is 0 Å². The third-order valence-electron chi connectivity index (χ3n) is 2.39. The van der Waals surface area contributed by atoms with E-state index < -0.39 is 0 Å². The SMILES string of the molecule is COC(=O)CCCSC1CCNCC1. The van der Waals surface area contributed by atoms with Gasteiger partial charge in [-0.1, -0.05) is 0 Å². The van der Waals surface area contributed by atoms with Crippen LogP contribution in [0.1, 0.15) is 25.7 Å². The molecule has 1 fully saturated rings. The van der Waals surface area contributed by atoms with Crippen molar-refractivity contribution in [3.63, 3.8) is 0 Å². The summed E-state index contributed by atoms with van der Waals surface area (Å²) in [6.07, 6.45) is 4.04. The molecule has 0 bridgehead atoms. The lowest BCUT2D eigenvalue weighted by Crippen LogP contribution is -2.29. The number of rotatable bonds is 5. The van der Waals surface area contributed by atoms with E-state index in [4.69, 9.17) is 0 Å². The van der Waals surface area contributed by atoms with Gasteiger partial charge in [-0.15, -0.1) is 0 Å². The molecule has 14 heavy (non-hydrogen) atoms. The van der Waals surface area contributed by atoms with Gasteiger partial charge in [-0.2, -0.15) is 11.8 Å². The minimum Gasteiger partial charge on any atom is -0.469 e. The van der Waals surface area contributed by atoms with Crippen LogP contribution < -0.4 is 5.32 Å². The van der Waals surface area contributed by atoms with E-state index in [-0.39, 0.29) is 5.97 Å². The molecule has 1 heterocycles. The summed E-state index contributed by atoms with van der Waals surface area (Å²) in [7, 11) is 1.45. The second-order valence-electron chi connectivity index (χ2n) is 3.50. The zero-order valence-electron chi connectivity index (χ0n) is 8.75. The number of hydrogen-bond acceptors (Lipinski definition) is 4. The molecule has 4 heteroatoms. The summed E-state index contributed by atoms with van der Waals surface area (Å²) in [5.41, 5.74) is 0. The monoisotopic (exact) mass is 217 g/mol. The Balaban J connectivity index is 1.94. The van der Waals surface area contributed by atoms with Crippen molar-refractivity contribution >= 4 is 17.7 Å². The average molecular weight is 217 g/mol. The number of esters is 1. The number of hydrogen-bond donors (Lipinski definition) is 1. The van der Waals surface area contributed by atoms with Crippen LogP contribution in [-0.2, 0) is 9.53 Å². The first-order chi connectivity index (χ1) is 6.83. The Labute approximate surface area is 90.0 Å². The van der Waals surface area contributed by atoms with Crippen molar-refractivity contribution in [2.75, 3.05) is 26.0 Å². The normalized spacial score (nSPS) is 18.1. The third kappa shape index (κ3) is 4.86. The Kier molecular flexibility index (Phi) is 6.03. The first-order valence-corrected chi connectivity index (χ1v) is 6.27. The van der Waals surface area contributed by atoms with Crippen molar-refractivity contribution in [3.8, 4) is 0 Å². The van der Waals surface area contributed by atoms with E-state index in [0.717, 1.165) is 30.5 Å². The smallest absolute Gasteiger partial charge is 0.305 e. The number of piperidine rings is 1. The van der Waals surface area contributed by atoms with E-state index >= 15 is 0 Å². The van der Waals surface area contributed by atoms with Crippen molar-refractivity contribution in [1.29, 1.82) is 0 Å². The molecule has 1 aliphatic heterocycles. The largest absolute Gasteiger partial charge is 0.469 e. The lowest BCUT2D eigenvalue weighted by molar-refractivity contribution is -0.140. The maximum atomic E-state index is 10.8. The van der Waals surface area contributed by atoms with Gasteiger partial charge in [0.15, 0.2) is 0 Å². The number of methoxy groups -OCH3 is 1. The molecule has 0 spiro atoms. The number of nitrogens with one attached hydrogen (secondary N) is 1. The maximum absolute atomic E-state index is 10.8. The molecule has 0 amide bonds. The van der Waals surface area contributed by atoms with E-state index in [0.29, 0.717) is 6.42 Å². The molecule has 0 aromatic heterocycles. The lowest BCUT2D eigenvalue weighted by Gasteiger charge is -2.21. The van der Waals surface area contributed by atoms with Crippen LogP contribution in [0.5, 0.6) is 0 Å². The first kappa shape index (κ1) is 11.9. The second-order valence-corrected chi connectivity index (χ2v) is 4.91. The molecule has 1 N–H and O–H groups in total. The van der Waals surface area contributed by atoms with Crippen LogP contribution in [0, 0.1) is 0 Å². The number of thioether (sulfide) groups is 1. The van der Waals surface area contributed by atoms with Crippen molar-refractivity contribution in [1.82, 2.24) is 5.32 Å². The van der Waals surface area contributed by atoms with Gasteiger partial charge < -0.3 is 10.1 Å². The minimum atomic E-state index is -0.0871. The standard InChI is InChI=1S/C10H19NO2S/c1-13-10(12)3-2-8-14-9-4-6-11-7-5-9/h9,11H,2-8H2,1H3. The Morgan fingerprint density at radius 3 is 2.86 bits per heavy atom. The maximum Gasteiger partial charge on any atom is 0.305 e. The van der Waals surface area contributed by atoms with E-state index in [1.165, 1.54) is 20.0 Å². The van der Waals surface area contributed by atoms with Crippen molar-refractivity contribution in [2.45, 2.75) is 30.9 Å². The topological polar surface area (TPSA) is 38.3 Å². The molecule has 1 saturated heterocycles. The molecular weight excluding hydrogens is 198 g/mol. The van der Waals surface area contributed by atoms with Crippen LogP contribution in [0.4, 0.5) is 0 Å². The zero-order chi connectivity index (χ0) is 10.2. The summed E-state index contributed by atoms with van der Waals surface area (Å²) < 4.78 is 4.58. The van der Waals surface area contributed by atoms with Crippen LogP contribution in [0.15, 0.2) is 0 Å². The molecular formula is C10H19NO2S. The van der Waals surface area contributed by atoms with E-state index in [1.54, 1.807) is 0 Å². The van der Waals surface area contributed by atoms with Gasteiger partial charge in [-0.3, -0.25) is 4.79 Å². The highest BCUT2D eigenvalue weighted by atomic mass is 32.2. The number of carbonyl (C=O) groups excluding carboxylic acids is 1. The Bertz CT molecular complexity index is 170. The van der Waals surface area contributed by atoms with Crippen LogP contribution >= 0.6 is 11.8 Å². The van der Waals surface area contributed by atoms with Gasteiger partial charge in [0.25, 0.3) is 0 Å². The summed E-state index contributed by atoms with van der Waals surface area (Å²) in [6, 6.07) is 0. The van der Waals surface area contributed by atoms with Crippen LogP contribution in [0.25, 0.3) is 0 Å². The Hall–Kier alpha value is -0.220. The fraction of sp³-hybridized carbons (Fsp3) is 0.900. The van der Waals surface area contributed by atoms with E-state index in [9.17, 15) is 4.79 Å². The van der Waals surface area contributed by atoms with Gasteiger partial charge in [0.05, 0.1) is 7.11 Å². The Morgan fingerprint density at radius 1 is 1.50 bits per heavy atom. The molecule has 0 atom stereocenters. The summed E-state index contributed by atoms with van der Waals surface area (Å²) in [4.78, 5) is 10.8. The molecule has 1 rings (SSSR count). The fourth-order valence-corrected chi connectivity index (χ4v) is 2.74. The molecule has 0 radical (unpaired) electrons. The van der Waals surface area contributed by atoms with Crippen LogP contribution in [-0.4, -0.2) is 37.2 Å². The van der Waals surface area contributed by atoms with Gasteiger partial charge >= 0.3 is 5.97 Å². The third-order valence-corrected chi connectivity index (χ3v) is 3.86. The average Bonchev–Trinajstić information content (AvgIpc) is 2.25. The molecule has 3 nitrogen and oxygen atoms in total. The molecule has 0 aromatic carbocycles. The number of ether oxygens (including phenoxy) is 1. The molecule has 0 unspecified atom stereocenters. The highest BCUT2D eigenvalue weighted by Crippen LogP contribution is 2.21. The first-order valence-electron chi connectivity index (χ1n) is 5.22. The molecule has 0 aromatic rings. The lowest BCUT2D eigenvalue weighted by atomic mass is 10.2. The highest BCUT2D eigenvalue weighted by Gasteiger charge is 2.12. The van der Waals surface area contributed by atoms with Crippen LogP contribution in [0.2, 0.25) is 0 Å². The van der Waals surface area contributed by atoms with Crippen molar-refractivity contribution in [2.24, 2.45) is 0 Å². The zero-order valence-corrected chi connectivity index (χ0v) is 9.57. The highest BCUT2D eigenvalue weighted by molar-refractivity contribution is 7.99. The predicted octanol–water partition coefficient (Wildman–Crippen LogP) is 1.42. The molecule has 82 valence electrons. The fourth-order valence-electron chi connectivity index (χ4n) is 1.53. The van der Waals surface area contributed by atoms with Gasteiger partial charge in [0.2, 0.25) is 0 Å². The van der Waals surface area contributed by atoms with Crippen LogP contribution in [0.3, 0.4) is 0 Å². The van der Waals surface area contributed by atoms with E-state index in [2.05, 4.69) is 10.1 Å². The van der Waals surface area contributed by atoms with Gasteiger partial charge in [0.1, 0.15) is 0 Å². The summed E-state index contributed by atoms with van der Waals surface area (Å²) in [5.74, 6) is 0.996. The second kappa shape index (κ2) is 7.12. The van der Waals surface area contributed by atoms with Gasteiger partial charge in [-0.25, -0.2) is 0 Å². The Morgan fingerprint density at radius 2 is 2.21 bits per heavy atom. The molecule has 0 aliphatic carbocycles. The quantitative estimate of drug-likeness (QED) is 0.558. The predicted molar refractivity (Wildman–Crippen MR) is 59.6 cm³/mol. The van der Waals surface area contributed by atoms with Crippen molar-refractivity contribution < 1.29 is 9.53 Å². The summed E-state index contributed by atoms with van der Waals surface area (Å²) in [5, 5.41) is 4.14. The summed E-state index contributed by atoms with van der Waals surface area (Å²) in [6.45, 7) is 2.29. The summed E-state index contributed by atoms with van der Waals surface area (Å²) >= 11 is 2.00. The van der Waals surface area contributed by atoms with Gasteiger partial charge in [0, 0.05) is 11.7 Å². The molecule has 0 saturated carbocycles. The number of carbonyl (C=O) groups is 1. The van der Waals surface area contributed by atoms with E-state index in [1.807, 2.05) is 11.8 Å². The van der Waals surface area contributed by atoms with Gasteiger partial charge in [-0.05, 0) is 38.1 Å². The minimum absolute atomic E-state index is 0.0871. The molecule has 1 aliphatic rings.